The minimum absolute atomic E-state index is 0.0343. The molecule has 174 valence electrons. The van der Waals surface area contributed by atoms with Crippen LogP contribution < -0.4 is 14.8 Å². The van der Waals surface area contributed by atoms with Crippen LogP contribution in [0.15, 0.2) is 58.8 Å². The van der Waals surface area contributed by atoms with Crippen LogP contribution >= 0.6 is 11.3 Å². The maximum atomic E-state index is 12.7. The third kappa shape index (κ3) is 5.88. The average molecular weight is 489 g/mol. The summed E-state index contributed by atoms with van der Waals surface area (Å²) in [6.45, 7) is 3.87. The first-order valence-corrected chi connectivity index (χ1v) is 12.6. The second-order valence-corrected chi connectivity index (χ2v) is 9.86. The molecule has 2 N–H and O–H groups in total. The molecule has 1 aliphatic heterocycles. The summed E-state index contributed by atoms with van der Waals surface area (Å²) in [6, 6.07) is 12.4. The van der Waals surface area contributed by atoms with E-state index in [9.17, 15) is 13.2 Å². The molecule has 33 heavy (non-hydrogen) atoms. The maximum absolute atomic E-state index is 12.7. The van der Waals surface area contributed by atoms with Gasteiger partial charge < -0.3 is 9.47 Å². The first kappa shape index (κ1) is 23.2. The van der Waals surface area contributed by atoms with Crippen molar-refractivity contribution in [1.29, 1.82) is 0 Å². The molecule has 0 saturated carbocycles. The number of aromatic nitrogens is 1. The van der Waals surface area contributed by atoms with Crippen LogP contribution in [0.2, 0.25) is 0 Å². The van der Waals surface area contributed by atoms with Crippen molar-refractivity contribution in [1.82, 2.24) is 9.88 Å². The van der Waals surface area contributed by atoms with Gasteiger partial charge in [0.05, 0.1) is 36.6 Å². The number of para-hydroxylation sites is 2. The molecule has 9 nitrogen and oxygen atoms in total. The number of hydrogen-bond donors (Lipinski definition) is 2. The summed E-state index contributed by atoms with van der Waals surface area (Å²) < 4.78 is 38.5. The van der Waals surface area contributed by atoms with Crippen LogP contribution in [0.25, 0.3) is 0 Å². The highest BCUT2D eigenvalue weighted by Gasteiger charge is 2.18. The molecule has 0 radical (unpaired) electrons. The van der Waals surface area contributed by atoms with Crippen molar-refractivity contribution in [2.45, 2.75) is 11.4 Å². The van der Waals surface area contributed by atoms with Gasteiger partial charge in [-0.25, -0.2) is 13.4 Å². The Morgan fingerprint density at radius 3 is 2.61 bits per heavy atom. The maximum Gasteiger partial charge on any atom is 0.262 e. The van der Waals surface area contributed by atoms with Crippen LogP contribution in [0.5, 0.6) is 5.75 Å². The summed E-state index contributed by atoms with van der Waals surface area (Å²) in [4.78, 5) is 19.4. The molecule has 0 atom stereocenters. The second-order valence-electron chi connectivity index (χ2n) is 7.32. The fraction of sp³-hybridized carbons (Fsp3) is 0.273. The number of nitrogens with one attached hydrogen (secondary N) is 2. The quantitative estimate of drug-likeness (QED) is 0.502. The number of benzene rings is 2. The molecule has 4 rings (SSSR count). The number of sulfonamides is 1. The van der Waals surface area contributed by atoms with Crippen molar-refractivity contribution >= 4 is 38.1 Å². The molecular formula is C22H24N4O5S2. The summed E-state index contributed by atoms with van der Waals surface area (Å²) in [5.74, 6) is 0.0532. The highest BCUT2D eigenvalue weighted by Crippen LogP contribution is 2.26. The number of hydrogen-bond acceptors (Lipinski definition) is 8. The Labute approximate surface area is 196 Å². The molecule has 1 fully saturated rings. The Hall–Kier alpha value is -2.99. The van der Waals surface area contributed by atoms with Gasteiger partial charge in [0.15, 0.2) is 5.13 Å². The Balaban J connectivity index is 1.39. The standard InChI is InChI=1S/C22H24N4O5S2/c1-30-20-5-3-2-4-19(20)25-33(28,29)18-8-6-16(7-9-18)21(27)24-22-23-17(15-32-22)14-26-10-12-31-13-11-26/h2-9,15,25H,10-14H2,1H3,(H,23,24,27). The van der Waals surface area contributed by atoms with Crippen molar-refractivity contribution in [3.63, 3.8) is 0 Å². The number of amides is 1. The first-order valence-electron chi connectivity index (χ1n) is 10.3. The number of methoxy groups -OCH3 is 1. The van der Waals surface area contributed by atoms with Gasteiger partial charge in [0, 0.05) is 30.6 Å². The number of ether oxygens (including phenoxy) is 2. The van der Waals surface area contributed by atoms with Crippen LogP contribution in [0.3, 0.4) is 0 Å². The summed E-state index contributed by atoms with van der Waals surface area (Å²) in [7, 11) is -2.38. The van der Waals surface area contributed by atoms with Crippen molar-refractivity contribution < 1.29 is 22.7 Å². The monoisotopic (exact) mass is 488 g/mol. The molecule has 1 saturated heterocycles. The van der Waals surface area contributed by atoms with Gasteiger partial charge in [0.2, 0.25) is 0 Å². The van der Waals surface area contributed by atoms with Gasteiger partial charge in [-0.2, -0.15) is 0 Å². The molecular weight excluding hydrogens is 464 g/mol. The summed E-state index contributed by atoms with van der Waals surface area (Å²) in [5, 5.41) is 5.19. The molecule has 2 heterocycles. The van der Waals surface area contributed by atoms with Crippen LogP contribution in [0.1, 0.15) is 16.1 Å². The predicted octanol–water partition coefficient (Wildman–Crippen LogP) is 3.04. The molecule has 3 aromatic rings. The number of carbonyl (C=O) groups is 1. The van der Waals surface area contributed by atoms with E-state index in [1.807, 2.05) is 5.38 Å². The number of thiazole rings is 1. The third-order valence-electron chi connectivity index (χ3n) is 5.04. The molecule has 1 amide bonds. The van der Waals surface area contributed by atoms with Crippen molar-refractivity contribution in [2.24, 2.45) is 0 Å². The topological polar surface area (TPSA) is 110 Å². The third-order valence-corrected chi connectivity index (χ3v) is 7.23. The van der Waals surface area contributed by atoms with Gasteiger partial charge in [0.1, 0.15) is 5.75 Å². The summed E-state index contributed by atoms with van der Waals surface area (Å²) >= 11 is 1.35. The van der Waals surface area contributed by atoms with E-state index in [0.29, 0.717) is 41.9 Å². The van der Waals surface area contributed by atoms with E-state index in [2.05, 4.69) is 19.9 Å². The summed E-state index contributed by atoms with van der Waals surface area (Å²) in [5.41, 5.74) is 1.55. The number of anilines is 2. The van der Waals surface area contributed by atoms with E-state index < -0.39 is 10.0 Å². The molecule has 1 aliphatic rings. The fourth-order valence-corrected chi connectivity index (χ4v) is 5.08. The van der Waals surface area contributed by atoms with E-state index in [-0.39, 0.29) is 10.8 Å². The number of carbonyl (C=O) groups excluding carboxylic acids is 1. The van der Waals surface area contributed by atoms with Crippen molar-refractivity contribution in [3.8, 4) is 5.75 Å². The zero-order valence-electron chi connectivity index (χ0n) is 18.0. The van der Waals surface area contributed by atoms with E-state index in [1.165, 1.54) is 42.7 Å². The van der Waals surface area contributed by atoms with Crippen molar-refractivity contribution in [2.75, 3.05) is 43.5 Å². The van der Waals surface area contributed by atoms with Gasteiger partial charge in [-0.1, -0.05) is 12.1 Å². The number of rotatable bonds is 8. The predicted molar refractivity (Wildman–Crippen MR) is 126 cm³/mol. The molecule has 0 unspecified atom stereocenters. The second kappa shape index (κ2) is 10.3. The van der Waals surface area contributed by atoms with Crippen LogP contribution in [0, 0.1) is 0 Å². The minimum atomic E-state index is -3.84. The normalized spacial score (nSPS) is 14.6. The lowest BCUT2D eigenvalue weighted by atomic mass is 10.2. The zero-order chi connectivity index (χ0) is 23.3. The van der Waals surface area contributed by atoms with Gasteiger partial charge in [-0.15, -0.1) is 11.3 Å². The van der Waals surface area contributed by atoms with E-state index in [1.54, 1.807) is 24.3 Å². The fourth-order valence-electron chi connectivity index (χ4n) is 3.31. The Morgan fingerprint density at radius 1 is 1.15 bits per heavy atom. The lowest BCUT2D eigenvalue weighted by molar-refractivity contribution is 0.0337. The smallest absolute Gasteiger partial charge is 0.262 e. The molecule has 11 heteroatoms. The largest absolute Gasteiger partial charge is 0.495 e. The SMILES string of the molecule is COc1ccccc1NS(=O)(=O)c1ccc(C(=O)Nc2nc(CN3CCOCC3)cs2)cc1. The van der Waals surface area contributed by atoms with Gasteiger partial charge in [-0.05, 0) is 36.4 Å². The Bertz CT molecular complexity index is 1210. The number of nitrogens with zero attached hydrogens (tertiary/aromatic N) is 2. The Kier molecular flexibility index (Phi) is 7.23. The molecule has 2 aromatic carbocycles. The average Bonchev–Trinajstić information content (AvgIpc) is 3.26. The highest BCUT2D eigenvalue weighted by atomic mass is 32.2. The first-order chi connectivity index (χ1) is 15.9. The van der Waals surface area contributed by atoms with Crippen molar-refractivity contribution in [3.05, 3.63) is 65.2 Å². The summed E-state index contributed by atoms with van der Waals surface area (Å²) in [6.07, 6.45) is 0. The van der Waals surface area contributed by atoms with E-state index in [4.69, 9.17) is 9.47 Å². The zero-order valence-corrected chi connectivity index (χ0v) is 19.6. The van der Waals surface area contributed by atoms with Gasteiger partial charge in [-0.3, -0.25) is 19.7 Å². The van der Waals surface area contributed by atoms with Gasteiger partial charge >= 0.3 is 0 Å². The van der Waals surface area contributed by atoms with E-state index >= 15 is 0 Å². The molecule has 0 aliphatic carbocycles. The minimum Gasteiger partial charge on any atom is -0.495 e. The van der Waals surface area contributed by atoms with E-state index in [0.717, 1.165) is 18.8 Å². The molecule has 0 spiro atoms. The van der Waals surface area contributed by atoms with Crippen LogP contribution in [-0.2, 0) is 21.3 Å². The molecule has 0 bridgehead atoms. The number of morpholine rings is 1. The lowest BCUT2D eigenvalue weighted by Crippen LogP contribution is -2.35. The van der Waals surface area contributed by atoms with Crippen LogP contribution in [0.4, 0.5) is 10.8 Å². The highest BCUT2D eigenvalue weighted by molar-refractivity contribution is 7.92. The lowest BCUT2D eigenvalue weighted by Gasteiger charge is -2.25. The molecule has 1 aromatic heterocycles. The Morgan fingerprint density at radius 2 is 1.88 bits per heavy atom. The van der Waals surface area contributed by atoms with Gasteiger partial charge in [0.25, 0.3) is 15.9 Å². The van der Waals surface area contributed by atoms with Crippen LogP contribution in [-0.4, -0.2) is 57.6 Å².